The van der Waals surface area contributed by atoms with Crippen LogP contribution in [0.1, 0.15) is 13.8 Å². The smallest absolute Gasteiger partial charge is 0.115 e. The van der Waals surface area contributed by atoms with Gasteiger partial charge in [-0.05, 0) is 13.8 Å². The van der Waals surface area contributed by atoms with E-state index in [4.69, 9.17) is 0 Å². The molecule has 0 amide bonds. The van der Waals surface area contributed by atoms with Crippen LogP contribution in [0.2, 0.25) is 0 Å². The summed E-state index contributed by atoms with van der Waals surface area (Å²) in [6, 6.07) is 0. The van der Waals surface area contributed by atoms with Gasteiger partial charge in [0.05, 0.1) is 0 Å². The van der Waals surface area contributed by atoms with E-state index in [1.165, 1.54) is 0 Å². The van der Waals surface area contributed by atoms with Gasteiger partial charge in [-0.15, -0.1) is 4.31 Å². The van der Waals surface area contributed by atoms with Crippen molar-refractivity contribution in [3.8, 4) is 0 Å². The minimum Gasteiger partial charge on any atom is -0.598 e. The molecule has 0 aromatic carbocycles. The zero-order valence-electron chi connectivity index (χ0n) is 5.68. The first-order valence-electron chi connectivity index (χ1n) is 2.80. The molecule has 1 unspecified atom stereocenters. The second-order valence-corrected chi connectivity index (χ2v) is 2.90. The highest BCUT2D eigenvalue weighted by molar-refractivity contribution is 7.88. The fourth-order valence-corrected chi connectivity index (χ4v) is 1.31. The van der Waals surface area contributed by atoms with Gasteiger partial charge in [0.15, 0.2) is 0 Å². The molecule has 8 heavy (non-hydrogen) atoms. The summed E-state index contributed by atoms with van der Waals surface area (Å²) in [5.41, 5.74) is 0. The van der Waals surface area contributed by atoms with E-state index >= 15 is 0 Å². The standard InChI is InChI=1S/C5H13NOS/c1-4-6(5-2)8(3)7/h4-5H2,1-3H3. The van der Waals surface area contributed by atoms with Crippen LogP contribution in [-0.2, 0) is 11.4 Å². The molecule has 0 rings (SSSR count). The quantitative estimate of drug-likeness (QED) is 0.530. The van der Waals surface area contributed by atoms with Crippen LogP contribution in [0.15, 0.2) is 0 Å². The van der Waals surface area contributed by atoms with Crippen molar-refractivity contribution in [2.75, 3.05) is 19.3 Å². The number of hydrogen-bond donors (Lipinski definition) is 0. The molecule has 0 aliphatic carbocycles. The second-order valence-electron chi connectivity index (χ2n) is 1.54. The maximum Gasteiger partial charge on any atom is 0.115 e. The largest absolute Gasteiger partial charge is 0.598 e. The van der Waals surface area contributed by atoms with Crippen molar-refractivity contribution >= 4 is 11.4 Å². The number of hydrogen-bond acceptors (Lipinski definition) is 2. The molecule has 0 saturated heterocycles. The summed E-state index contributed by atoms with van der Waals surface area (Å²) in [6.07, 6.45) is 1.70. The van der Waals surface area contributed by atoms with Crippen molar-refractivity contribution < 1.29 is 4.55 Å². The summed E-state index contributed by atoms with van der Waals surface area (Å²) < 4.78 is 12.5. The lowest BCUT2D eigenvalue weighted by atomic mass is 10.7. The van der Waals surface area contributed by atoms with E-state index in [0.29, 0.717) is 0 Å². The van der Waals surface area contributed by atoms with Crippen molar-refractivity contribution in [2.45, 2.75) is 13.8 Å². The van der Waals surface area contributed by atoms with Gasteiger partial charge < -0.3 is 4.55 Å². The predicted octanol–water partition coefficient (Wildman–Crippen LogP) is 0.622. The Bertz CT molecular complexity index is 54.4. The fraction of sp³-hybridized carbons (Fsp3) is 1.00. The normalized spacial score (nSPS) is 14.6. The maximum atomic E-state index is 10.6. The molecule has 0 N–H and O–H groups in total. The third kappa shape index (κ3) is 2.55. The molecule has 1 atom stereocenters. The summed E-state index contributed by atoms with van der Waals surface area (Å²) in [4.78, 5) is 0. The molecule has 0 bridgehead atoms. The van der Waals surface area contributed by atoms with Gasteiger partial charge >= 0.3 is 0 Å². The zero-order chi connectivity index (χ0) is 6.57. The molecule has 2 nitrogen and oxygen atoms in total. The topological polar surface area (TPSA) is 26.3 Å². The van der Waals surface area contributed by atoms with Gasteiger partial charge in [-0.2, -0.15) is 0 Å². The van der Waals surface area contributed by atoms with Crippen molar-refractivity contribution in [1.82, 2.24) is 4.31 Å². The summed E-state index contributed by atoms with van der Waals surface area (Å²) in [6.45, 7) is 5.76. The molecule has 0 radical (unpaired) electrons. The molecule has 0 aromatic rings. The molecule has 0 spiro atoms. The van der Waals surface area contributed by atoms with Crippen LogP contribution in [0.4, 0.5) is 0 Å². The van der Waals surface area contributed by atoms with Crippen LogP contribution in [0, 0.1) is 0 Å². The molecule has 3 heteroatoms. The molecular weight excluding hydrogens is 122 g/mol. The van der Waals surface area contributed by atoms with Crippen molar-refractivity contribution in [2.24, 2.45) is 0 Å². The Morgan fingerprint density at radius 3 is 1.75 bits per heavy atom. The predicted molar refractivity (Wildman–Crippen MR) is 37.0 cm³/mol. The van der Waals surface area contributed by atoms with Gasteiger partial charge in [-0.25, -0.2) is 0 Å². The lowest BCUT2D eigenvalue weighted by molar-refractivity contribution is 0.449. The van der Waals surface area contributed by atoms with E-state index in [0.717, 1.165) is 13.1 Å². The Balaban J connectivity index is 3.35. The number of nitrogens with zero attached hydrogens (tertiary/aromatic N) is 1. The van der Waals surface area contributed by atoms with Gasteiger partial charge in [-0.1, -0.05) is 0 Å². The molecule has 0 aromatic heterocycles. The third-order valence-electron chi connectivity index (χ3n) is 1.07. The van der Waals surface area contributed by atoms with Crippen LogP contribution in [0.5, 0.6) is 0 Å². The van der Waals surface area contributed by atoms with Crippen molar-refractivity contribution in [1.29, 1.82) is 0 Å². The molecule has 0 aliphatic heterocycles. The lowest BCUT2D eigenvalue weighted by Crippen LogP contribution is -2.29. The van der Waals surface area contributed by atoms with Gasteiger partial charge in [0, 0.05) is 24.5 Å². The highest BCUT2D eigenvalue weighted by Crippen LogP contribution is 1.93. The second kappa shape index (κ2) is 4.18. The van der Waals surface area contributed by atoms with Crippen LogP contribution in [0.25, 0.3) is 0 Å². The van der Waals surface area contributed by atoms with E-state index in [2.05, 4.69) is 0 Å². The summed E-state index contributed by atoms with van der Waals surface area (Å²) in [7, 11) is 0. The van der Waals surface area contributed by atoms with Crippen LogP contribution in [0.3, 0.4) is 0 Å². The molecule has 0 fully saturated rings. The monoisotopic (exact) mass is 135 g/mol. The first-order valence-corrected chi connectivity index (χ1v) is 4.32. The van der Waals surface area contributed by atoms with Crippen LogP contribution >= 0.6 is 0 Å². The lowest BCUT2D eigenvalue weighted by Gasteiger charge is -2.17. The zero-order valence-corrected chi connectivity index (χ0v) is 6.49. The Hall–Kier alpha value is 0.270. The molecule has 0 heterocycles. The average Bonchev–Trinajstić information content (AvgIpc) is 1.69. The number of rotatable bonds is 3. The molecular formula is C5H13NOS. The summed E-state index contributed by atoms with van der Waals surface area (Å²) in [5.74, 6) is 0. The van der Waals surface area contributed by atoms with Gasteiger partial charge in [0.2, 0.25) is 0 Å². The van der Waals surface area contributed by atoms with Crippen molar-refractivity contribution in [3.05, 3.63) is 0 Å². The first kappa shape index (κ1) is 8.27. The minimum atomic E-state index is -0.770. The van der Waals surface area contributed by atoms with Gasteiger partial charge in [-0.3, -0.25) is 0 Å². The summed E-state index contributed by atoms with van der Waals surface area (Å²) >= 11 is -0.770. The van der Waals surface area contributed by atoms with E-state index in [-0.39, 0.29) is 0 Å². The van der Waals surface area contributed by atoms with E-state index in [9.17, 15) is 4.55 Å². The van der Waals surface area contributed by atoms with Crippen LogP contribution in [-0.4, -0.2) is 28.2 Å². The Kier molecular flexibility index (Phi) is 4.32. The highest BCUT2D eigenvalue weighted by atomic mass is 32.2. The minimum absolute atomic E-state index is 0.770. The Morgan fingerprint density at radius 1 is 1.38 bits per heavy atom. The summed E-state index contributed by atoms with van der Waals surface area (Å²) in [5, 5.41) is 0. The maximum absolute atomic E-state index is 10.6. The van der Waals surface area contributed by atoms with Gasteiger partial charge in [0.25, 0.3) is 0 Å². The SMILES string of the molecule is CCN(CC)[S+](C)[O-]. The van der Waals surface area contributed by atoms with Crippen LogP contribution < -0.4 is 0 Å². The average molecular weight is 135 g/mol. The van der Waals surface area contributed by atoms with E-state index in [1.807, 2.05) is 18.2 Å². The van der Waals surface area contributed by atoms with Crippen molar-refractivity contribution in [3.63, 3.8) is 0 Å². The highest BCUT2D eigenvalue weighted by Gasteiger charge is 2.06. The third-order valence-corrected chi connectivity index (χ3v) is 2.31. The van der Waals surface area contributed by atoms with E-state index in [1.54, 1.807) is 6.26 Å². The molecule has 0 saturated carbocycles. The fourth-order valence-electron chi connectivity index (χ4n) is 0.587. The molecule has 50 valence electrons. The Morgan fingerprint density at radius 2 is 1.75 bits per heavy atom. The van der Waals surface area contributed by atoms with Gasteiger partial charge in [0.1, 0.15) is 6.26 Å². The molecule has 0 aliphatic rings. The Labute approximate surface area is 54.2 Å². The van der Waals surface area contributed by atoms with E-state index < -0.39 is 11.4 Å². The first-order chi connectivity index (χ1) is 3.72.